The molecule has 0 atom stereocenters. The number of benzene rings is 3. The summed E-state index contributed by atoms with van der Waals surface area (Å²) in [5.41, 5.74) is 6.46. The Morgan fingerprint density at radius 1 is 0.720 bits per heavy atom. The van der Waals surface area contributed by atoms with Crippen molar-refractivity contribution in [2.75, 3.05) is 5.32 Å². The van der Waals surface area contributed by atoms with Gasteiger partial charge >= 0.3 is 0 Å². The van der Waals surface area contributed by atoms with E-state index in [0.29, 0.717) is 5.95 Å². The van der Waals surface area contributed by atoms with Gasteiger partial charge in [0.15, 0.2) is 0 Å². The predicted octanol–water partition coefficient (Wildman–Crippen LogP) is 5.66. The van der Waals surface area contributed by atoms with Crippen molar-refractivity contribution in [1.82, 2.24) is 9.97 Å². The van der Waals surface area contributed by atoms with E-state index < -0.39 is 0 Å². The van der Waals surface area contributed by atoms with Crippen LogP contribution < -0.4 is 5.32 Å². The van der Waals surface area contributed by atoms with Gasteiger partial charge in [-0.2, -0.15) is 0 Å². The lowest BCUT2D eigenvalue weighted by Crippen LogP contribution is -2.01. The van der Waals surface area contributed by atoms with Gasteiger partial charge in [-0.3, -0.25) is 0 Å². The van der Waals surface area contributed by atoms with Gasteiger partial charge in [-0.25, -0.2) is 9.97 Å². The molecule has 0 fully saturated rings. The van der Waals surface area contributed by atoms with Gasteiger partial charge in [0.25, 0.3) is 0 Å². The van der Waals surface area contributed by atoms with Crippen LogP contribution in [-0.2, 0) is 0 Å². The van der Waals surface area contributed by atoms with Crippen molar-refractivity contribution in [3.63, 3.8) is 0 Å². The van der Waals surface area contributed by atoms with E-state index in [1.165, 1.54) is 11.1 Å². The zero-order chi connectivity index (χ0) is 17.2. The highest BCUT2D eigenvalue weighted by Crippen LogP contribution is 2.31. The van der Waals surface area contributed by atoms with Gasteiger partial charge in [0, 0.05) is 16.6 Å². The number of nitrogens with zero attached hydrogens (tertiary/aromatic N) is 2. The number of hydrogen-bond donors (Lipinski definition) is 1. The maximum Gasteiger partial charge on any atom is 0.228 e. The molecule has 1 N–H and O–H groups in total. The Labute approximate surface area is 147 Å². The van der Waals surface area contributed by atoms with Crippen molar-refractivity contribution in [3.05, 3.63) is 83.9 Å². The number of aromatic nitrogens is 2. The van der Waals surface area contributed by atoms with Gasteiger partial charge < -0.3 is 5.32 Å². The van der Waals surface area contributed by atoms with E-state index in [2.05, 4.69) is 43.4 Å². The van der Waals surface area contributed by atoms with Gasteiger partial charge in [-0.05, 0) is 43.2 Å². The normalized spacial score (nSPS) is 10.8. The Balaban J connectivity index is 1.94. The molecule has 0 saturated heterocycles. The minimum atomic E-state index is 0.612. The maximum atomic E-state index is 4.85. The molecule has 0 saturated carbocycles. The number of hydrogen-bond acceptors (Lipinski definition) is 3. The Hall–Kier alpha value is -3.20. The average Bonchev–Trinajstić information content (AvgIpc) is 2.66. The summed E-state index contributed by atoms with van der Waals surface area (Å²) >= 11 is 0. The summed E-state index contributed by atoms with van der Waals surface area (Å²) in [5, 5.41) is 4.43. The van der Waals surface area contributed by atoms with Crippen LogP contribution in [0, 0.1) is 13.8 Å². The minimum absolute atomic E-state index is 0.612. The fourth-order valence-corrected chi connectivity index (χ4v) is 3.01. The summed E-state index contributed by atoms with van der Waals surface area (Å²) in [6.07, 6.45) is 0. The molecular formula is C22H19N3. The van der Waals surface area contributed by atoms with Gasteiger partial charge in [0.2, 0.25) is 5.95 Å². The van der Waals surface area contributed by atoms with Crippen LogP contribution >= 0.6 is 0 Å². The highest BCUT2D eigenvalue weighted by molar-refractivity contribution is 5.96. The van der Waals surface area contributed by atoms with E-state index in [-0.39, 0.29) is 0 Å². The number of rotatable bonds is 3. The Bertz CT molecular complexity index is 1030. The first kappa shape index (κ1) is 15.3. The lowest BCUT2D eigenvalue weighted by molar-refractivity contribution is 1.20. The van der Waals surface area contributed by atoms with Crippen LogP contribution in [0.2, 0.25) is 0 Å². The quantitative estimate of drug-likeness (QED) is 0.528. The summed E-state index contributed by atoms with van der Waals surface area (Å²) in [6, 6.07) is 24.5. The molecule has 4 aromatic rings. The number of nitrogens with one attached hydrogen (secondary N) is 1. The van der Waals surface area contributed by atoms with Crippen LogP contribution in [0.15, 0.2) is 72.8 Å². The summed E-state index contributed by atoms with van der Waals surface area (Å²) in [5.74, 6) is 0.612. The van der Waals surface area contributed by atoms with Crippen molar-refractivity contribution >= 4 is 22.5 Å². The summed E-state index contributed by atoms with van der Waals surface area (Å²) in [4.78, 5) is 9.58. The van der Waals surface area contributed by atoms with Crippen LogP contribution in [0.1, 0.15) is 11.1 Å². The fourth-order valence-electron chi connectivity index (χ4n) is 3.01. The highest BCUT2D eigenvalue weighted by Gasteiger charge is 2.13. The summed E-state index contributed by atoms with van der Waals surface area (Å²) in [6.45, 7) is 4.26. The number of anilines is 2. The SMILES string of the molecule is Cc1ccc2nc(Nc3ccccc3)nc(-c3ccccc3)c2c1C. The van der Waals surface area contributed by atoms with Crippen LogP contribution in [0.5, 0.6) is 0 Å². The highest BCUT2D eigenvalue weighted by atomic mass is 15.1. The summed E-state index contributed by atoms with van der Waals surface area (Å²) < 4.78 is 0. The number of aryl methyl sites for hydroxylation is 2. The smallest absolute Gasteiger partial charge is 0.228 e. The molecule has 25 heavy (non-hydrogen) atoms. The molecule has 122 valence electrons. The Morgan fingerprint density at radius 2 is 1.40 bits per heavy atom. The summed E-state index contributed by atoms with van der Waals surface area (Å²) in [7, 11) is 0. The molecular weight excluding hydrogens is 306 g/mol. The fraction of sp³-hybridized carbons (Fsp3) is 0.0909. The number of para-hydroxylation sites is 1. The van der Waals surface area contributed by atoms with Crippen LogP contribution in [0.25, 0.3) is 22.2 Å². The predicted molar refractivity (Wildman–Crippen MR) is 104 cm³/mol. The van der Waals surface area contributed by atoms with E-state index in [1.54, 1.807) is 0 Å². The van der Waals surface area contributed by atoms with Crippen molar-refractivity contribution in [3.8, 4) is 11.3 Å². The van der Waals surface area contributed by atoms with Crippen molar-refractivity contribution in [1.29, 1.82) is 0 Å². The monoisotopic (exact) mass is 325 g/mol. The van der Waals surface area contributed by atoms with E-state index in [4.69, 9.17) is 9.97 Å². The third-order valence-electron chi connectivity index (χ3n) is 4.47. The first-order valence-electron chi connectivity index (χ1n) is 8.38. The second kappa shape index (κ2) is 6.36. The molecule has 4 rings (SSSR count). The third kappa shape index (κ3) is 2.96. The lowest BCUT2D eigenvalue weighted by atomic mass is 9.99. The van der Waals surface area contributed by atoms with Gasteiger partial charge in [-0.1, -0.05) is 54.6 Å². The van der Waals surface area contributed by atoms with Crippen LogP contribution in [-0.4, -0.2) is 9.97 Å². The van der Waals surface area contributed by atoms with Gasteiger partial charge in [-0.15, -0.1) is 0 Å². The van der Waals surface area contributed by atoms with Gasteiger partial charge in [0.1, 0.15) is 0 Å². The first-order valence-corrected chi connectivity index (χ1v) is 8.38. The zero-order valence-corrected chi connectivity index (χ0v) is 14.3. The molecule has 3 heteroatoms. The standard InChI is InChI=1S/C22H19N3/c1-15-13-14-19-20(16(15)2)21(17-9-5-3-6-10-17)25-22(24-19)23-18-11-7-4-8-12-18/h3-14H,1-2H3,(H,23,24,25). The number of fused-ring (bicyclic) bond motifs is 1. The molecule has 0 aliphatic carbocycles. The van der Waals surface area contributed by atoms with E-state index in [9.17, 15) is 0 Å². The minimum Gasteiger partial charge on any atom is -0.324 e. The molecule has 0 spiro atoms. The van der Waals surface area contributed by atoms with Crippen LogP contribution in [0.4, 0.5) is 11.6 Å². The molecule has 1 heterocycles. The maximum absolute atomic E-state index is 4.85. The second-order valence-electron chi connectivity index (χ2n) is 6.15. The molecule has 0 unspecified atom stereocenters. The van der Waals surface area contributed by atoms with E-state index >= 15 is 0 Å². The Morgan fingerprint density at radius 3 is 2.12 bits per heavy atom. The molecule has 0 bridgehead atoms. The molecule has 0 aliphatic rings. The van der Waals surface area contributed by atoms with Crippen molar-refractivity contribution in [2.24, 2.45) is 0 Å². The topological polar surface area (TPSA) is 37.8 Å². The average molecular weight is 325 g/mol. The van der Waals surface area contributed by atoms with Crippen molar-refractivity contribution < 1.29 is 0 Å². The van der Waals surface area contributed by atoms with E-state index in [0.717, 1.165) is 27.8 Å². The largest absolute Gasteiger partial charge is 0.324 e. The molecule has 0 radical (unpaired) electrons. The zero-order valence-electron chi connectivity index (χ0n) is 14.3. The molecule has 1 aromatic heterocycles. The van der Waals surface area contributed by atoms with Crippen LogP contribution in [0.3, 0.4) is 0 Å². The van der Waals surface area contributed by atoms with Gasteiger partial charge in [0.05, 0.1) is 11.2 Å². The second-order valence-corrected chi connectivity index (χ2v) is 6.15. The molecule has 0 aliphatic heterocycles. The molecule has 3 nitrogen and oxygen atoms in total. The van der Waals surface area contributed by atoms with Crippen molar-refractivity contribution in [2.45, 2.75) is 13.8 Å². The first-order chi connectivity index (χ1) is 12.2. The lowest BCUT2D eigenvalue weighted by Gasteiger charge is -2.13. The molecule has 0 amide bonds. The third-order valence-corrected chi connectivity index (χ3v) is 4.47. The van der Waals surface area contributed by atoms with E-state index in [1.807, 2.05) is 48.5 Å². The Kier molecular flexibility index (Phi) is 3.90. The molecule has 3 aromatic carbocycles.